The second-order valence-corrected chi connectivity index (χ2v) is 3.68. The Hall–Kier alpha value is -0.920. The van der Waals surface area contributed by atoms with Crippen molar-refractivity contribution >= 4 is 11.6 Å². The summed E-state index contributed by atoms with van der Waals surface area (Å²) in [5, 5.41) is 0. The van der Waals surface area contributed by atoms with E-state index in [-0.39, 0.29) is 17.0 Å². The SMILES string of the molecule is CC(=O)C1(C)CCC(=O)C=C1C. The van der Waals surface area contributed by atoms with E-state index in [4.69, 9.17) is 0 Å². The Morgan fingerprint density at radius 1 is 1.58 bits per heavy atom. The predicted molar refractivity (Wildman–Crippen MR) is 46.8 cm³/mol. The zero-order chi connectivity index (χ0) is 9.35. The third-order valence-electron chi connectivity index (χ3n) is 2.90. The van der Waals surface area contributed by atoms with Gasteiger partial charge in [0.1, 0.15) is 5.78 Å². The molecule has 0 fully saturated rings. The summed E-state index contributed by atoms with van der Waals surface area (Å²) in [6.07, 6.45) is 2.78. The van der Waals surface area contributed by atoms with Crippen molar-refractivity contribution < 1.29 is 9.59 Å². The van der Waals surface area contributed by atoms with Gasteiger partial charge in [-0.1, -0.05) is 5.57 Å². The van der Waals surface area contributed by atoms with Crippen LogP contribution in [0.15, 0.2) is 11.6 Å². The normalized spacial score (nSPS) is 29.9. The Kier molecular flexibility index (Phi) is 2.18. The molecule has 1 aliphatic carbocycles. The number of rotatable bonds is 1. The molecule has 0 N–H and O–H groups in total. The number of ketones is 2. The van der Waals surface area contributed by atoms with Crippen molar-refractivity contribution in [2.75, 3.05) is 0 Å². The fraction of sp³-hybridized carbons (Fsp3) is 0.600. The highest BCUT2D eigenvalue weighted by molar-refractivity contribution is 5.96. The van der Waals surface area contributed by atoms with Crippen LogP contribution in [0.2, 0.25) is 0 Å². The van der Waals surface area contributed by atoms with Crippen molar-refractivity contribution in [1.82, 2.24) is 0 Å². The summed E-state index contributed by atoms with van der Waals surface area (Å²) in [5.74, 6) is 0.301. The summed E-state index contributed by atoms with van der Waals surface area (Å²) in [6, 6.07) is 0. The molecule has 0 saturated heterocycles. The summed E-state index contributed by atoms with van der Waals surface area (Å²) in [5.41, 5.74) is 0.528. The van der Waals surface area contributed by atoms with E-state index < -0.39 is 0 Å². The van der Waals surface area contributed by atoms with Crippen LogP contribution in [0, 0.1) is 5.41 Å². The molecule has 1 aliphatic rings. The summed E-state index contributed by atoms with van der Waals surface area (Å²) < 4.78 is 0. The molecule has 12 heavy (non-hydrogen) atoms. The number of Topliss-reactive ketones (excluding diaryl/α,β-unsaturated/α-hetero) is 1. The van der Waals surface area contributed by atoms with Gasteiger partial charge in [-0.05, 0) is 33.3 Å². The molecule has 0 saturated carbocycles. The minimum Gasteiger partial charge on any atom is -0.299 e. The van der Waals surface area contributed by atoms with Crippen LogP contribution in [0.25, 0.3) is 0 Å². The Morgan fingerprint density at radius 3 is 2.58 bits per heavy atom. The molecule has 1 rings (SSSR count). The Bertz CT molecular complexity index is 263. The molecule has 1 unspecified atom stereocenters. The van der Waals surface area contributed by atoms with Gasteiger partial charge in [-0.3, -0.25) is 9.59 Å². The van der Waals surface area contributed by atoms with Gasteiger partial charge >= 0.3 is 0 Å². The van der Waals surface area contributed by atoms with Crippen LogP contribution in [0.1, 0.15) is 33.6 Å². The average molecular weight is 166 g/mol. The maximum absolute atomic E-state index is 11.3. The van der Waals surface area contributed by atoms with E-state index in [0.717, 1.165) is 5.57 Å². The van der Waals surface area contributed by atoms with Gasteiger partial charge in [-0.25, -0.2) is 0 Å². The van der Waals surface area contributed by atoms with Crippen LogP contribution in [-0.2, 0) is 9.59 Å². The first-order valence-electron chi connectivity index (χ1n) is 4.19. The number of carbonyl (C=O) groups is 2. The second-order valence-electron chi connectivity index (χ2n) is 3.68. The molecule has 0 heterocycles. The molecule has 0 amide bonds. The summed E-state index contributed by atoms with van der Waals surface area (Å²) in [6.45, 7) is 5.36. The van der Waals surface area contributed by atoms with Crippen LogP contribution in [0.5, 0.6) is 0 Å². The molecule has 0 aromatic heterocycles. The van der Waals surface area contributed by atoms with Crippen LogP contribution in [-0.4, -0.2) is 11.6 Å². The average Bonchev–Trinajstić information content (AvgIpc) is 1.97. The first-order valence-corrected chi connectivity index (χ1v) is 4.19. The molecule has 0 bridgehead atoms. The predicted octanol–water partition coefficient (Wildman–Crippen LogP) is 1.89. The summed E-state index contributed by atoms with van der Waals surface area (Å²) in [7, 11) is 0. The molecule has 0 aromatic carbocycles. The van der Waals surface area contributed by atoms with Crippen molar-refractivity contribution in [3.8, 4) is 0 Å². The standard InChI is InChI=1S/C10H14O2/c1-7-6-9(12)4-5-10(7,3)8(2)11/h6H,4-5H2,1-3H3. The minimum atomic E-state index is -0.381. The van der Waals surface area contributed by atoms with E-state index in [2.05, 4.69) is 0 Å². The molecule has 0 aliphatic heterocycles. The van der Waals surface area contributed by atoms with E-state index >= 15 is 0 Å². The fourth-order valence-corrected chi connectivity index (χ4v) is 1.50. The Balaban J connectivity index is 3.02. The van der Waals surface area contributed by atoms with Gasteiger partial charge in [0.15, 0.2) is 5.78 Å². The van der Waals surface area contributed by atoms with Gasteiger partial charge in [-0.2, -0.15) is 0 Å². The third kappa shape index (κ3) is 1.33. The molecule has 66 valence electrons. The van der Waals surface area contributed by atoms with Gasteiger partial charge in [0.2, 0.25) is 0 Å². The highest BCUT2D eigenvalue weighted by Crippen LogP contribution is 2.36. The lowest BCUT2D eigenvalue weighted by atomic mass is 9.72. The zero-order valence-corrected chi connectivity index (χ0v) is 7.81. The molecular weight excluding hydrogens is 152 g/mol. The number of hydrogen-bond donors (Lipinski definition) is 0. The smallest absolute Gasteiger partial charge is 0.155 e. The van der Waals surface area contributed by atoms with E-state index in [9.17, 15) is 9.59 Å². The number of hydrogen-bond acceptors (Lipinski definition) is 2. The molecular formula is C10H14O2. The van der Waals surface area contributed by atoms with Crippen LogP contribution < -0.4 is 0 Å². The summed E-state index contributed by atoms with van der Waals surface area (Å²) >= 11 is 0. The Labute approximate surface area is 72.7 Å². The maximum Gasteiger partial charge on any atom is 0.155 e. The molecule has 0 radical (unpaired) electrons. The first kappa shape index (κ1) is 9.17. The highest BCUT2D eigenvalue weighted by atomic mass is 16.1. The molecule has 2 heteroatoms. The van der Waals surface area contributed by atoms with Gasteiger partial charge in [0.25, 0.3) is 0 Å². The van der Waals surface area contributed by atoms with Crippen LogP contribution >= 0.6 is 0 Å². The summed E-state index contributed by atoms with van der Waals surface area (Å²) in [4.78, 5) is 22.3. The minimum absolute atomic E-state index is 0.145. The first-order chi connectivity index (χ1) is 5.47. The lowest BCUT2D eigenvalue weighted by molar-refractivity contribution is -0.125. The monoisotopic (exact) mass is 166 g/mol. The van der Waals surface area contributed by atoms with Crippen molar-refractivity contribution in [3.63, 3.8) is 0 Å². The molecule has 0 spiro atoms. The fourth-order valence-electron chi connectivity index (χ4n) is 1.50. The van der Waals surface area contributed by atoms with Gasteiger partial charge in [0, 0.05) is 11.8 Å². The topological polar surface area (TPSA) is 34.1 Å². The van der Waals surface area contributed by atoms with Gasteiger partial charge < -0.3 is 0 Å². The van der Waals surface area contributed by atoms with Crippen molar-refractivity contribution in [2.45, 2.75) is 33.6 Å². The second kappa shape index (κ2) is 2.85. The van der Waals surface area contributed by atoms with E-state index in [1.54, 1.807) is 13.0 Å². The lowest BCUT2D eigenvalue weighted by Crippen LogP contribution is -2.30. The van der Waals surface area contributed by atoms with E-state index in [1.807, 2.05) is 13.8 Å². The third-order valence-corrected chi connectivity index (χ3v) is 2.90. The molecule has 0 aromatic rings. The van der Waals surface area contributed by atoms with Crippen LogP contribution in [0.3, 0.4) is 0 Å². The zero-order valence-electron chi connectivity index (χ0n) is 7.81. The van der Waals surface area contributed by atoms with Crippen molar-refractivity contribution in [1.29, 1.82) is 0 Å². The van der Waals surface area contributed by atoms with Crippen molar-refractivity contribution in [2.24, 2.45) is 5.41 Å². The van der Waals surface area contributed by atoms with Crippen LogP contribution in [0.4, 0.5) is 0 Å². The van der Waals surface area contributed by atoms with E-state index in [0.29, 0.717) is 12.8 Å². The number of allylic oxidation sites excluding steroid dienone is 2. The quantitative estimate of drug-likeness (QED) is 0.596. The Morgan fingerprint density at radius 2 is 2.17 bits per heavy atom. The van der Waals surface area contributed by atoms with Crippen molar-refractivity contribution in [3.05, 3.63) is 11.6 Å². The lowest BCUT2D eigenvalue weighted by Gasteiger charge is -2.30. The van der Waals surface area contributed by atoms with E-state index in [1.165, 1.54) is 0 Å². The molecule has 1 atom stereocenters. The molecule has 2 nitrogen and oxygen atoms in total. The largest absolute Gasteiger partial charge is 0.299 e. The van der Waals surface area contributed by atoms with Gasteiger partial charge in [0.05, 0.1) is 0 Å². The van der Waals surface area contributed by atoms with Gasteiger partial charge in [-0.15, -0.1) is 0 Å². The number of carbonyl (C=O) groups excluding carboxylic acids is 2. The maximum atomic E-state index is 11.3. The highest BCUT2D eigenvalue weighted by Gasteiger charge is 2.34.